The Bertz CT molecular complexity index is 711. The summed E-state index contributed by atoms with van der Waals surface area (Å²) in [5, 5.41) is 16.8. The molecule has 100 valence electrons. The van der Waals surface area contributed by atoms with Crippen molar-refractivity contribution in [2.24, 2.45) is 10.2 Å². The highest BCUT2D eigenvalue weighted by atomic mass is 31.1. The van der Waals surface area contributed by atoms with Crippen molar-refractivity contribution in [3.8, 4) is 0 Å². The van der Waals surface area contributed by atoms with Crippen molar-refractivity contribution in [1.29, 1.82) is 0 Å². The van der Waals surface area contributed by atoms with Gasteiger partial charge >= 0.3 is 13.6 Å². The summed E-state index contributed by atoms with van der Waals surface area (Å²) in [7, 11) is -2.60. The van der Waals surface area contributed by atoms with Gasteiger partial charge in [-0.05, 0) is 48.5 Å². The minimum Gasteiger partial charge on any atom is -0.478 e. The summed E-state index contributed by atoms with van der Waals surface area (Å²) in [6, 6.07) is 11.9. The molecule has 0 heterocycles. The van der Waals surface area contributed by atoms with E-state index in [-0.39, 0.29) is 10.9 Å². The van der Waals surface area contributed by atoms with Crippen molar-refractivity contribution < 1.29 is 19.0 Å². The summed E-state index contributed by atoms with van der Waals surface area (Å²) in [5.74, 6) is -1.00. The largest absolute Gasteiger partial charge is 0.478 e. The standard InChI is InChI=1S/C13H9N2O4P/c16-13(17)9-1-3-10(4-2-9)14-15-11-5-7-12(8-6-11)20(18)19/h1-8H,(H,16,17). The van der Waals surface area contributed by atoms with Crippen LogP contribution in [0, 0.1) is 0 Å². The van der Waals surface area contributed by atoms with Gasteiger partial charge in [0.2, 0.25) is 0 Å². The molecular formula is C13H9N2O4P. The minimum absolute atomic E-state index is 0.174. The average molecular weight is 288 g/mol. The number of carboxylic acids is 1. The Kier molecular flexibility index (Phi) is 4.17. The maximum Gasteiger partial charge on any atom is 0.348 e. The first-order chi connectivity index (χ1) is 9.56. The summed E-state index contributed by atoms with van der Waals surface area (Å²) < 4.78 is 21.4. The van der Waals surface area contributed by atoms with E-state index in [2.05, 4.69) is 10.2 Å². The van der Waals surface area contributed by atoms with Gasteiger partial charge in [-0.3, -0.25) is 0 Å². The third-order valence-corrected chi connectivity index (χ3v) is 3.18. The van der Waals surface area contributed by atoms with Crippen LogP contribution in [0.15, 0.2) is 58.8 Å². The lowest BCUT2D eigenvalue weighted by atomic mass is 10.2. The van der Waals surface area contributed by atoms with E-state index in [1.54, 1.807) is 0 Å². The third kappa shape index (κ3) is 3.46. The zero-order valence-corrected chi connectivity index (χ0v) is 11.0. The van der Waals surface area contributed by atoms with Crippen LogP contribution in [0.4, 0.5) is 11.4 Å². The molecule has 20 heavy (non-hydrogen) atoms. The molecule has 6 nitrogen and oxygen atoms in total. The van der Waals surface area contributed by atoms with Crippen molar-refractivity contribution in [2.45, 2.75) is 0 Å². The van der Waals surface area contributed by atoms with Crippen molar-refractivity contribution in [2.75, 3.05) is 0 Å². The highest BCUT2D eigenvalue weighted by molar-refractivity contribution is 7.40. The highest BCUT2D eigenvalue weighted by Gasteiger charge is 2.01. The second-order valence-electron chi connectivity index (χ2n) is 3.83. The topological polar surface area (TPSA) is 96.2 Å². The van der Waals surface area contributed by atoms with Gasteiger partial charge < -0.3 is 5.11 Å². The molecule has 0 unspecified atom stereocenters. The number of nitrogens with zero attached hydrogens (tertiary/aromatic N) is 2. The van der Waals surface area contributed by atoms with E-state index < -0.39 is 13.6 Å². The lowest BCUT2D eigenvalue weighted by Gasteiger charge is -1.95. The van der Waals surface area contributed by atoms with E-state index in [1.165, 1.54) is 48.5 Å². The van der Waals surface area contributed by atoms with Crippen LogP contribution < -0.4 is 5.30 Å². The molecule has 0 spiro atoms. The van der Waals surface area contributed by atoms with Gasteiger partial charge in [-0.25, -0.2) is 13.9 Å². The molecule has 0 fully saturated rings. The molecule has 0 aromatic heterocycles. The van der Waals surface area contributed by atoms with Gasteiger partial charge in [0.15, 0.2) is 0 Å². The summed E-state index contributed by atoms with van der Waals surface area (Å²) >= 11 is 0. The van der Waals surface area contributed by atoms with Crippen molar-refractivity contribution in [3.63, 3.8) is 0 Å². The van der Waals surface area contributed by atoms with Gasteiger partial charge in [0.1, 0.15) is 0 Å². The predicted molar refractivity (Wildman–Crippen MR) is 71.9 cm³/mol. The molecular weight excluding hydrogens is 279 g/mol. The number of hydrogen-bond donors (Lipinski definition) is 1. The van der Waals surface area contributed by atoms with E-state index in [0.29, 0.717) is 11.4 Å². The van der Waals surface area contributed by atoms with Gasteiger partial charge in [-0.2, -0.15) is 10.2 Å². The molecule has 0 aliphatic heterocycles. The predicted octanol–water partition coefficient (Wildman–Crippen LogP) is 3.60. The molecule has 0 saturated carbocycles. The fourth-order valence-corrected chi connectivity index (χ4v) is 1.82. The molecule has 0 amide bonds. The molecule has 2 rings (SSSR count). The Morgan fingerprint density at radius 2 is 1.30 bits per heavy atom. The monoisotopic (exact) mass is 288 g/mol. The first-order valence-corrected chi connectivity index (χ1v) is 6.73. The Morgan fingerprint density at radius 1 is 0.850 bits per heavy atom. The number of rotatable bonds is 4. The normalized spacial score (nSPS) is 10.6. The SMILES string of the molecule is O=C(O)c1ccc(N=Nc2ccc(P(=O)=O)cc2)cc1. The Balaban J connectivity index is 2.14. The highest BCUT2D eigenvalue weighted by Crippen LogP contribution is 2.19. The van der Waals surface area contributed by atoms with Crippen LogP contribution in [0.1, 0.15) is 10.4 Å². The fourth-order valence-electron chi connectivity index (χ4n) is 1.43. The van der Waals surface area contributed by atoms with E-state index in [1.807, 2.05) is 0 Å². The lowest BCUT2D eigenvalue weighted by Crippen LogP contribution is -1.93. The zero-order valence-electron chi connectivity index (χ0n) is 10.1. The lowest BCUT2D eigenvalue weighted by molar-refractivity contribution is 0.0697. The number of azo groups is 1. The zero-order chi connectivity index (χ0) is 14.5. The maximum absolute atomic E-state index is 10.7. The second-order valence-corrected chi connectivity index (χ2v) is 4.86. The molecule has 0 bridgehead atoms. The molecule has 7 heteroatoms. The van der Waals surface area contributed by atoms with Crippen LogP contribution in [-0.4, -0.2) is 11.1 Å². The number of aromatic carboxylic acids is 1. The molecule has 0 saturated heterocycles. The van der Waals surface area contributed by atoms with Gasteiger partial charge in [-0.1, -0.05) is 0 Å². The Labute approximate surface area is 114 Å². The van der Waals surface area contributed by atoms with Crippen LogP contribution in [0.3, 0.4) is 0 Å². The van der Waals surface area contributed by atoms with E-state index in [4.69, 9.17) is 5.11 Å². The van der Waals surface area contributed by atoms with Gasteiger partial charge in [0.25, 0.3) is 0 Å². The average Bonchev–Trinajstić information content (AvgIpc) is 2.46. The summed E-state index contributed by atoms with van der Waals surface area (Å²) in [6.07, 6.45) is 0. The van der Waals surface area contributed by atoms with Crippen LogP contribution in [0.2, 0.25) is 0 Å². The van der Waals surface area contributed by atoms with Crippen LogP contribution in [0.5, 0.6) is 0 Å². The molecule has 0 aliphatic carbocycles. The Morgan fingerprint density at radius 3 is 1.70 bits per heavy atom. The number of carboxylic acid groups (broad SMARTS) is 1. The van der Waals surface area contributed by atoms with Crippen molar-refractivity contribution in [3.05, 3.63) is 54.1 Å². The quantitative estimate of drug-likeness (QED) is 0.686. The molecule has 0 aliphatic rings. The number of benzene rings is 2. The first kappa shape index (κ1) is 13.8. The molecule has 0 atom stereocenters. The van der Waals surface area contributed by atoms with Gasteiger partial charge in [-0.15, -0.1) is 0 Å². The molecule has 2 aromatic carbocycles. The summed E-state index contributed by atoms with van der Waals surface area (Å²) in [5.41, 5.74) is 1.19. The third-order valence-electron chi connectivity index (χ3n) is 2.46. The second kappa shape index (κ2) is 6.04. The van der Waals surface area contributed by atoms with Gasteiger partial charge in [0, 0.05) is 0 Å². The minimum atomic E-state index is -2.60. The summed E-state index contributed by atoms with van der Waals surface area (Å²) in [6.45, 7) is 0. The summed E-state index contributed by atoms with van der Waals surface area (Å²) in [4.78, 5) is 10.7. The van der Waals surface area contributed by atoms with E-state index in [0.717, 1.165) is 0 Å². The van der Waals surface area contributed by atoms with Crippen LogP contribution in [-0.2, 0) is 9.13 Å². The van der Waals surface area contributed by atoms with Crippen LogP contribution in [0.25, 0.3) is 0 Å². The number of hydrogen-bond acceptors (Lipinski definition) is 5. The molecule has 2 aromatic rings. The molecule has 1 N–H and O–H groups in total. The maximum atomic E-state index is 10.7. The Hall–Kier alpha value is -2.59. The van der Waals surface area contributed by atoms with E-state index >= 15 is 0 Å². The molecule has 0 radical (unpaired) electrons. The smallest absolute Gasteiger partial charge is 0.348 e. The first-order valence-electron chi connectivity index (χ1n) is 5.56. The van der Waals surface area contributed by atoms with Crippen molar-refractivity contribution in [1.82, 2.24) is 0 Å². The van der Waals surface area contributed by atoms with Crippen LogP contribution >= 0.6 is 7.68 Å². The fraction of sp³-hybridized carbons (Fsp3) is 0. The number of carbonyl (C=O) groups is 1. The van der Waals surface area contributed by atoms with Crippen molar-refractivity contribution >= 4 is 30.3 Å². The van der Waals surface area contributed by atoms with E-state index in [9.17, 15) is 13.9 Å². The van der Waals surface area contributed by atoms with Gasteiger partial charge in [0.05, 0.1) is 22.2 Å².